The molecule has 1 saturated heterocycles. The number of hydrogen-bond acceptors (Lipinski definition) is 2. The Labute approximate surface area is 123 Å². The first-order valence-electron chi connectivity index (χ1n) is 7.89. The minimum atomic E-state index is -4.03. The summed E-state index contributed by atoms with van der Waals surface area (Å²) in [6.07, 6.45) is 0.674. The van der Waals surface area contributed by atoms with Gasteiger partial charge in [0.15, 0.2) is 0 Å². The van der Waals surface area contributed by atoms with Crippen LogP contribution in [0.2, 0.25) is 0 Å². The normalized spacial score (nSPS) is 29.5. The van der Waals surface area contributed by atoms with Crippen molar-refractivity contribution in [2.45, 2.75) is 63.6 Å². The van der Waals surface area contributed by atoms with Gasteiger partial charge in [0.25, 0.3) is 0 Å². The lowest BCUT2D eigenvalue weighted by molar-refractivity contribution is -0.184. The SMILES string of the molecule is O=C(O)CCC1CCN(C2CCC(C(F)(F)F)CC2)CC1. The molecule has 1 N–H and O–H groups in total. The van der Waals surface area contributed by atoms with Crippen molar-refractivity contribution in [3.8, 4) is 0 Å². The van der Waals surface area contributed by atoms with Crippen LogP contribution >= 0.6 is 0 Å². The molecular formula is C15H24F3NO2. The van der Waals surface area contributed by atoms with E-state index in [1.165, 1.54) is 0 Å². The van der Waals surface area contributed by atoms with Crippen molar-refractivity contribution in [1.82, 2.24) is 4.90 Å². The van der Waals surface area contributed by atoms with Crippen LogP contribution in [0.4, 0.5) is 13.2 Å². The Bertz CT molecular complexity index is 343. The van der Waals surface area contributed by atoms with Crippen molar-refractivity contribution < 1.29 is 23.1 Å². The summed E-state index contributed by atoms with van der Waals surface area (Å²) >= 11 is 0. The molecule has 6 heteroatoms. The lowest BCUT2D eigenvalue weighted by atomic mass is 9.83. The second-order valence-electron chi connectivity index (χ2n) is 6.46. The largest absolute Gasteiger partial charge is 0.481 e. The number of piperidine rings is 1. The van der Waals surface area contributed by atoms with Crippen LogP contribution in [-0.2, 0) is 4.79 Å². The van der Waals surface area contributed by atoms with Gasteiger partial charge >= 0.3 is 12.1 Å². The fourth-order valence-electron chi connectivity index (χ4n) is 3.70. The van der Waals surface area contributed by atoms with E-state index in [1.807, 2.05) is 0 Å². The van der Waals surface area contributed by atoms with E-state index in [-0.39, 0.29) is 19.3 Å². The molecule has 2 rings (SSSR count). The number of rotatable bonds is 4. The molecule has 0 aromatic carbocycles. The van der Waals surface area contributed by atoms with Gasteiger partial charge in [0.1, 0.15) is 0 Å². The summed E-state index contributed by atoms with van der Waals surface area (Å²) in [4.78, 5) is 12.9. The highest BCUT2D eigenvalue weighted by atomic mass is 19.4. The van der Waals surface area contributed by atoms with Gasteiger partial charge in [-0.05, 0) is 64.0 Å². The van der Waals surface area contributed by atoms with Crippen molar-refractivity contribution in [1.29, 1.82) is 0 Å². The number of nitrogens with zero attached hydrogens (tertiary/aromatic N) is 1. The highest BCUT2D eigenvalue weighted by molar-refractivity contribution is 5.66. The Kier molecular flexibility index (Phi) is 5.52. The van der Waals surface area contributed by atoms with Gasteiger partial charge in [-0.25, -0.2) is 0 Å². The first-order valence-corrected chi connectivity index (χ1v) is 7.89. The van der Waals surface area contributed by atoms with E-state index >= 15 is 0 Å². The maximum absolute atomic E-state index is 12.7. The zero-order chi connectivity index (χ0) is 15.5. The van der Waals surface area contributed by atoms with E-state index in [4.69, 9.17) is 5.11 Å². The number of carboxylic acids is 1. The number of carboxylic acid groups (broad SMARTS) is 1. The molecule has 0 aromatic heterocycles. The number of carbonyl (C=O) groups is 1. The predicted molar refractivity (Wildman–Crippen MR) is 73.0 cm³/mol. The minimum Gasteiger partial charge on any atom is -0.481 e. The van der Waals surface area contributed by atoms with Crippen LogP contribution in [0.3, 0.4) is 0 Å². The molecule has 122 valence electrons. The lowest BCUT2D eigenvalue weighted by Crippen LogP contribution is -2.44. The van der Waals surface area contributed by atoms with E-state index in [0.717, 1.165) is 32.4 Å². The molecular weight excluding hydrogens is 283 g/mol. The fourth-order valence-corrected chi connectivity index (χ4v) is 3.70. The summed E-state index contributed by atoms with van der Waals surface area (Å²) in [7, 11) is 0. The number of alkyl halides is 3. The predicted octanol–water partition coefficient (Wildman–Crippen LogP) is 3.68. The Morgan fingerprint density at radius 3 is 2.10 bits per heavy atom. The van der Waals surface area contributed by atoms with E-state index in [0.29, 0.717) is 24.8 Å². The molecule has 0 unspecified atom stereocenters. The molecule has 1 aliphatic heterocycles. The Morgan fingerprint density at radius 1 is 1.05 bits per heavy atom. The fraction of sp³-hybridized carbons (Fsp3) is 0.933. The van der Waals surface area contributed by atoms with Crippen molar-refractivity contribution in [2.75, 3.05) is 13.1 Å². The third-order valence-electron chi connectivity index (χ3n) is 5.09. The molecule has 1 heterocycles. The first kappa shape index (κ1) is 16.6. The van der Waals surface area contributed by atoms with Gasteiger partial charge in [0.2, 0.25) is 0 Å². The zero-order valence-corrected chi connectivity index (χ0v) is 12.2. The maximum atomic E-state index is 12.7. The zero-order valence-electron chi connectivity index (χ0n) is 12.2. The third kappa shape index (κ3) is 4.87. The number of hydrogen-bond donors (Lipinski definition) is 1. The van der Waals surface area contributed by atoms with Gasteiger partial charge in [-0.2, -0.15) is 13.2 Å². The molecule has 1 aliphatic carbocycles. The standard InChI is InChI=1S/C15H24F3NO2/c16-15(17,18)12-2-4-13(5-3-12)19-9-7-11(8-10-19)1-6-14(20)21/h11-13H,1-10H2,(H,20,21). The van der Waals surface area contributed by atoms with Gasteiger partial charge in [-0.3, -0.25) is 4.79 Å². The van der Waals surface area contributed by atoms with Crippen LogP contribution in [0.15, 0.2) is 0 Å². The van der Waals surface area contributed by atoms with Crippen LogP contribution in [0, 0.1) is 11.8 Å². The second-order valence-corrected chi connectivity index (χ2v) is 6.46. The molecule has 2 aliphatic rings. The van der Waals surface area contributed by atoms with E-state index < -0.39 is 18.1 Å². The molecule has 1 saturated carbocycles. The van der Waals surface area contributed by atoms with Gasteiger partial charge in [0, 0.05) is 12.5 Å². The minimum absolute atomic E-state index is 0.224. The first-order chi connectivity index (χ1) is 9.86. The summed E-state index contributed by atoms with van der Waals surface area (Å²) in [6, 6.07) is 0.295. The van der Waals surface area contributed by atoms with Crippen molar-refractivity contribution in [3.05, 3.63) is 0 Å². The average Bonchev–Trinajstić information content (AvgIpc) is 2.45. The Balaban J connectivity index is 1.70. The second kappa shape index (κ2) is 6.99. The van der Waals surface area contributed by atoms with Gasteiger partial charge in [0.05, 0.1) is 5.92 Å². The summed E-state index contributed by atoms with van der Waals surface area (Å²) < 4.78 is 38.0. The van der Waals surface area contributed by atoms with Gasteiger partial charge in [-0.1, -0.05) is 0 Å². The molecule has 0 radical (unpaired) electrons. The third-order valence-corrected chi connectivity index (χ3v) is 5.09. The Hall–Kier alpha value is -0.780. The highest BCUT2D eigenvalue weighted by Crippen LogP contribution is 2.39. The number of halogens is 3. The van der Waals surface area contributed by atoms with E-state index in [9.17, 15) is 18.0 Å². The molecule has 3 nitrogen and oxygen atoms in total. The summed E-state index contributed by atoms with van der Waals surface area (Å²) in [5.74, 6) is -1.39. The van der Waals surface area contributed by atoms with Crippen molar-refractivity contribution >= 4 is 5.97 Å². The van der Waals surface area contributed by atoms with Crippen molar-refractivity contribution in [2.24, 2.45) is 11.8 Å². The molecule has 0 aromatic rings. The summed E-state index contributed by atoms with van der Waals surface area (Å²) in [5, 5.41) is 8.69. The molecule has 0 spiro atoms. The van der Waals surface area contributed by atoms with Crippen LogP contribution in [0.1, 0.15) is 51.4 Å². The van der Waals surface area contributed by atoms with Crippen LogP contribution < -0.4 is 0 Å². The lowest BCUT2D eigenvalue weighted by Gasteiger charge is -2.41. The molecule has 0 bridgehead atoms. The molecule has 0 atom stereocenters. The van der Waals surface area contributed by atoms with E-state index in [2.05, 4.69) is 4.90 Å². The molecule has 2 fully saturated rings. The van der Waals surface area contributed by atoms with Crippen LogP contribution in [0.5, 0.6) is 0 Å². The van der Waals surface area contributed by atoms with Crippen LogP contribution in [-0.4, -0.2) is 41.3 Å². The number of aliphatic carboxylic acids is 1. The van der Waals surface area contributed by atoms with Crippen LogP contribution in [0.25, 0.3) is 0 Å². The van der Waals surface area contributed by atoms with Gasteiger partial charge < -0.3 is 10.0 Å². The Morgan fingerprint density at radius 2 is 1.62 bits per heavy atom. The number of likely N-dealkylation sites (tertiary alicyclic amines) is 1. The van der Waals surface area contributed by atoms with Gasteiger partial charge in [-0.15, -0.1) is 0 Å². The molecule has 21 heavy (non-hydrogen) atoms. The monoisotopic (exact) mass is 307 g/mol. The highest BCUT2D eigenvalue weighted by Gasteiger charge is 2.42. The molecule has 0 amide bonds. The quantitative estimate of drug-likeness (QED) is 0.861. The topological polar surface area (TPSA) is 40.5 Å². The average molecular weight is 307 g/mol. The van der Waals surface area contributed by atoms with E-state index in [1.54, 1.807) is 0 Å². The summed E-state index contributed by atoms with van der Waals surface area (Å²) in [6.45, 7) is 1.82. The van der Waals surface area contributed by atoms with Crippen molar-refractivity contribution in [3.63, 3.8) is 0 Å². The summed E-state index contributed by atoms with van der Waals surface area (Å²) in [5.41, 5.74) is 0. The maximum Gasteiger partial charge on any atom is 0.391 e. The smallest absolute Gasteiger partial charge is 0.391 e.